The van der Waals surface area contributed by atoms with Crippen LogP contribution in [0.4, 0.5) is 13.2 Å². The maximum Gasteiger partial charge on any atom is 0.573 e. The normalized spacial score (nSPS) is 16.1. The fourth-order valence-electron chi connectivity index (χ4n) is 3.89. The third-order valence-electron chi connectivity index (χ3n) is 5.61. The van der Waals surface area contributed by atoms with Gasteiger partial charge in [-0.3, -0.25) is 4.79 Å². The van der Waals surface area contributed by atoms with Crippen LogP contribution < -0.4 is 14.9 Å². The molecule has 0 N–H and O–H groups in total. The first-order valence-corrected chi connectivity index (χ1v) is 12.4. The van der Waals surface area contributed by atoms with Crippen molar-refractivity contribution >= 4 is 20.8 Å². The summed E-state index contributed by atoms with van der Waals surface area (Å²) in [5.74, 6) is 0.246. The van der Waals surface area contributed by atoms with Gasteiger partial charge in [0.1, 0.15) is 17.8 Å². The molecule has 34 heavy (non-hydrogen) atoms. The molecule has 0 amide bonds. The van der Waals surface area contributed by atoms with E-state index in [1.54, 1.807) is 17.0 Å². The summed E-state index contributed by atoms with van der Waals surface area (Å²) >= 11 is 0. The Morgan fingerprint density at radius 2 is 1.82 bits per heavy atom. The number of hydrogen-bond donors (Lipinski definition) is 0. The van der Waals surface area contributed by atoms with Crippen molar-refractivity contribution in [2.45, 2.75) is 25.7 Å². The van der Waals surface area contributed by atoms with Crippen LogP contribution in [-0.2, 0) is 16.6 Å². The van der Waals surface area contributed by atoms with E-state index in [1.165, 1.54) is 41.1 Å². The number of fused-ring (bicyclic) bond motifs is 1. The topological polar surface area (TPSA) is 91.0 Å². The third-order valence-corrected chi connectivity index (χ3v) is 6.91. The number of sulfonamides is 1. The molecule has 184 valence electrons. The van der Waals surface area contributed by atoms with Gasteiger partial charge < -0.3 is 18.5 Å². The Labute approximate surface area is 193 Å². The Bertz CT molecular complexity index is 1320. The minimum Gasteiger partial charge on any atom is -0.486 e. The Morgan fingerprint density at radius 1 is 1.12 bits per heavy atom. The maximum absolute atomic E-state index is 12.4. The number of aromatic nitrogens is 1. The average molecular weight is 500 g/mol. The first-order chi connectivity index (χ1) is 16.0. The van der Waals surface area contributed by atoms with Crippen molar-refractivity contribution in [3.8, 4) is 11.5 Å². The van der Waals surface area contributed by atoms with Crippen LogP contribution in [-0.4, -0.2) is 49.6 Å². The molecule has 0 atom stereocenters. The van der Waals surface area contributed by atoms with Gasteiger partial charge in [-0.15, -0.1) is 13.2 Å². The monoisotopic (exact) mass is 500 g/mol. The number of rotatable bonds is 7. The fraction of sp³-hybridized carbons (Fsp3) is 0.409. The summed E-state index contributed by atoms with van der Waals surface area (Å²) in [4.78, 5) is 12.4. The predicted octanol–water partition coefficient (Wildman–Crippen LogP) is 3.59. The summed E-state index contributed by atoms with van der Waals surface area (Å²) < 4.78 is 78.6. The van der Waals surface area contributed by atoms with E-state index < -0.39 is 16.4 Å². The molecule has 1 saturated heterocycles. The molecule has 1 aromatic carbocycles. The van der Waals surface area contributed by atoms with Gasteiger partial charge in [0, 0.05) is 36.9 Å². The molecular formula is C22H23F3N2O6S. The van der Waals surface area contributed by atoms with Crippen LogP contribution >= 0.6 is 0 Å². The lowest BCUT2D eigenvalue weighted by Gasteiger charge is -2.29. The maximum atomic E-state index is 12.4. The average Bonchev–Trinajstić information content (AvgIpc) is 3.13. The molecule has 0 spiro atoms. The zero-order valence-electron chi connectivity index (χ0n) is 18.2. The summed E-state index contributed by atoms with van der Waals surface area (Å²) in [6, 6.07) is 5.34. The van der Waals surface area contributed by atoms with Gasteiger partial charge in [-0.1, -0.05) is 0 Å². The minimum absolute atomic E-state index is 0.0703. The van der Waals surface area contributed by atoms with Gasteiger partial charge in [0.15, 0.2) is 0 Å². The molecule has 3 heterocycles. The van der Waals surface area contributed by atoms with Gasteiger partial charge in [-0.2, -0.15) is 0 Å². The zero-order chi connectivity index (χ0) is 24.5. The standard InChI is InChI=1S/C22H23F3N2O6S/c1-34(29,30)27-6-4-15(5-7-27)13-32-21-14-31-19(9-20(21)28)12-26-10-16-2-3-18(8-17(16)11-26)33-22(23,24)25/h2-3,8-11,14-15H,4-7,12-13H2,1H3. The minimum atomic E-state index is -4.77. The highest BCUT2D eigenvalue weighted by atomic mass is 32.2. The van der Waals surface area contributed by atoms with Gasteiger partial charge in [-0.05, 0) is 42.3 Å². The second-order valence-corrected chi connectivity index (χ2v) is 10.2. The fourth-order valence-corrected chi connectivity index (χ4v) is 4.76. The second-order valence-electron chi connectivity index (χ2n) is 8.26. The van der Waals surface area contributed by atoms with Crippen molar-refractivity contribution in [1.29, 1.82) is 0 Å². The molecule has 1 aliphatic heterocycles. The van der Waals surface area contributed by atoms with E-state index in [0.29, 0.717) is 42.5 Å². The molecular weight excluding hydrogens is 477 g/mol. The summed E-state index contributed by atoms with van der Waals surface area (Å²) in [6.07, 6.45) is 2.30. The van der Waals surface area contributed by atoms with Crippen LogP contribution in [0.5, 0.6) is 11.5 Å². The van der Waals surface area contributed by atoms with E-state index >= 15 is 0 Å². The summed E-state index contributed by atoms with van der Waals surface area (Å²) in [6.45, 7) is 1.33. The third kappa shape index (κ3) is 6.11. The van der Waals surface area contributed by atoms with Crippen molar-refractivity contribution in [1.82, 2.24) is 8.87 Å². The van der Waals surface area contributed by atoms with Gasteiger partial charge >= 0.3 is 6.36 Å². The van der Waals surface area contributed by atoms with Gasteiger partial charge in [0.05, 0.1) is 19.4 Å². The highest BCUT2D eigenvalue weighted by Crippen LogP contribution is 2.27. The van der Waals surface area contributed by atoms with Gasteiger partial charge in [-0.25, -0.2) is 12.7 Å². The highest BCUT2D eigenvalue weighted by Gasteiger charge is 2.31. The molecule has 2 aromatic heterocycles. The molecule has 0 saturated carbocycles. The summed E-state index contributed by atoms with van der Waals surface area (Å²) in [7, 11) is -3.20. The van der Waals surface area contributed by atoms with Crippen molar-refractivity contribution < 1.29 is 35.5 Å². The molecule has 8 nitrogen and oxygen atoms in total. The Morgan fingerprint density at radius 3 is 2.47 bits per heavy atom. The van der Waals surface area contributed by atoms with Crippen LogP contribution in [0.25, 0.3) is 10.8 Å². The first-order valence-electron chi connectivity index (χ1n) is 10.5. The highest BCUT2D eigenvalue weighted by molar-refractivity contribution is 7.88. The van der Waals surface area contributed by atoms with E-state index in [9.17, 15) is 26.4 Å². The SMILES string of the molecule is CS(=O)(=O)N1CCC(COc2coc(Cn3cc4ccc(OC(F)(F)F)cc4c3)cc2=O)CC1. The molecule has 1 aliphatic rings. The molecule has 12 heteroatoms. The zero-order valence-corrected chi connectivity index (χ0v) is 19.1. The van der Waals surface area contributed by atoms with E-state index in [4.69, 9.17) is 9.15 Å². The molecule has 0 bridgehead atoms. The number of alkyl halides is 3. The van der Waals surface area contributed by atoms with Crippen molar-refractivity contribution in [2.75, 3.05) is 26.0 Å². The lowest BCUT2D eigenvalue weighted by atomic mass is 9.99. The number of hydrogen-bond acceptors (Lipinski definition) is 6. The van der Waals surface area contributed by atoms with E-state index in [2.05, 4.69) is 4.74 Å². The molecule has 0 unspecified atom stereocenters. The van der Waals surface area contributed by atoms with Gasteiger partial charge in [0.2, 0.25) is 21.2 Å². The number of halogens is 3. The van der Waals surface area contributed by atoms with E-state index in [0.717, 1.165) is 0 Å². The number of nitrogens with zero attached hydrogens (tertiary/aromatic N) is 2. The molecule has 4 rings (SSSR count). The van der Waals surface area contributed by atoms with Crippen molar-refractivity contribution in [3.05, 3.63) is 58.9 Å². The smallest absolute Gasteiger partial charge is 0.486 e. The van der Waals surface area contributed by atoms with Crippen molar-refractivity contribution in [3.63, 3.8) is 0 Å². The second kappa shape index (κ2) is 9.34. The predicted molar refractivity (Wildman–Crippen MR) is 117 cm³/mol. The van der Waals surface area contributed by atoms with Crippen LogP contribution in [0, 0.1) is 5.92 Å². The van der Waals surface area contributed by atoms with Crippen LogP contribution in [0.15, 0.2) is 52.1 Å². The molecule has 0 aliphatic carbocycles. The Balaban J connectivity index is 1.36. The first kappa shape index (κ1) is 24.1. The van der Waals surface area contributed by atoms with Gasteiger partial charge in [0.25, 0.3) is 0 Å². The summed E-state index contributed by atoms with van der Waals surface area (Å²) in [5.41, 5.74) is -0.354. The van der Waals surface area contributed by atoms with E-state index in [-0.39, 0.29) is 36.0 Å². The number of benzene rings is 1. The summed E-state index contributed by atoms with van der Waals surface area (Å²) in [5, 5.41) is 1.25. The number of ether oxygens (including phenoxy) is 2. The van der Waals surface area contributed by atoms with Crippen LogP contribution in [0.3, 0.4) is 0 Å². The Hall–Kier alpha value is -2.99. The lowest BCUT2D eigenvalue weighted by molar-refractivity contribution is -0.274. The van der Waals surface area contributed by atoms with Crippen LogP contribution in [0.1, 0.15) is 18.6 Å². The quantitative estimate of drug-likeness (QED) is 0.493. The Kier molecular flexibility index (Phi) is 6.63. The van der Waals surface area contributed by atoms with Crippen molar-refractivity contribution in [2.24, 2.45) is 5.92 Å². The van der Waals surface area contributed by atoms with Crippen LogP contribution in [0.2, 0.25) is 0 Å². The number of piperidine rings is 1. The van der Waals surface area contributed by atoms with E-state index in [1.807, 2.05) is 0 Å². The molecule has 0 radical (unpaired) electrons. The molecule has 3 aromatic rings. The largest absolute Gasteiger partial charge is 0.573 e. The lowest BCUT2D eigenvalue weighted by Crippen LogP contribution is -2.39. The molecule has 1 fully saturated rings.